The van der Waals surface area contributed by atoms with Crippen LogP contribution in [0.1, 0.15) is 25.5 Å². The Balaban J connectivity index is 2.31. The number of rotatable bonds is 8. The van der Waals surface area contributed by atoms with Gasteiger partial charge in [0.25, 0.3) is 0 Å². The summed E-state index contributed by atoms with van der Waals surface area (Å²) in [6.45, 7) is 6.29. The first-order valence-corrected chi connectivity index (χ1v) is 7.64. The van der Waals surface area contributed by atoms with Crippen LogP contribution in [-0.2, 0) is 9.47 Å². The van der Waals surface area contributed by atoms with E-state index in [0.717, 1.165) is 22.5 Å². The zero-order valence-electron chi connectivity index (χ0n) is 10.9. The summed E-state index contributed by atoms with van der Waals surface area (Å²) in [5.74, 6) is 0.563. The molecule has 0 bridgehead atoms. The third-order valence-electron chi connectivity index (χ3n) is 2.38. The minimum Gasteiger partial charge on any atom is -0.379 e. The van der Waals surface area contributed by atoms with Crippen LogP contribution >= 0.6 is 27.5 Å². The Bertz CT molecular complexity index is 327. The van der Waals surface area contributed by atoms with Crippen molar-refractivity contribution in [1.82, 2.24) is 0 Å². The molecule has 0 radical (unpaired) electrons. The van der Waals surface area contributed by atoms with Crippen molar-refractivity contribution in [2.45, 2.75) is 20.0 Å². The van der Waals surface area contributed by atoms with Gasteiger partial charge < -0.3 is 9.47 Å². The molecule has 0 N–H and O–H groups in total. The summed E-state index contributed by atoms with van der Waals surface area (Å²) < 4.78 is 11.3. The van der Waals surface area contributed by atoms with Crippen molar-refractivity contribution < 1.29 is 9.47 Å². The van der Waals surface area contributed by atoms with Gasteiger partial charge in [0, 0.05) is 17.0 Å². The zero-order valence-corrected chi connectivity index (χ0v) is 13.2. The van der Waals surface area contributed by atoms with Crippen molar-refractivity contribution in [3.63, 3.8) is 0 Å². The Hall–Kier alpha value is -0.0900. The second-order valence-corrected chi connectivity index (χ2v) is 5.62. The van der Waals surface area contributed by atoms with Crippen molar-refractivity contribution in [1.29, 1.82) is 0 Å². The average Bonchev–Trinajstić information content (AvgIpc) is 2.35. The van der Waals surface area contributed by atoms with Gasteiger partial charge in [-0.3, -0.25) is 0 Å². The van der Waals surface area contributed by atoms with E-state index in [2.05, 4.69) is 29.8 Å². The maximum absolute atomic E-state index is 5.86. The summed E-state index contributed by atoms with van der Waals surface area (Å²) in [4.78, 5) is 0. The Labute approximate surface area is 123 Å². The lowest BCUT2D eigenvalue weighted by atomic mass is 10.1. The molecule has 0 amide bonds. The van der Waals surface area contributed by atoms with Gasteiger partial charge >= 0.3 is 0 Å². The smallest absolute Gasteiger partial charge is 0.0922 e. The lowest BCUT2D eigenvalue weighted by molar-refractivity contribution is 0.00760. The Morgan fingerprint density at radius 1 is 1.17 bits per heavy atom. The zero-order chi connectivity index (χ0) is 13.4. The predicted molar refractivity (Wildman–Crippen MR) is 79.6 cm³/mol. The monoisotopic (exact) mass is 334 g/mol. The highest BCUT2D eigenvalue weighted by atomic mass is 79.9. The third-order valence-corrected chi connectivity index (χ3v) is 3.22. The summed E-state index contributed by atoms with van der Waals surface area (Å²) in [7, 11) is 0. The van der Waals surface area contributed by atoms with Gasteiger partial charge in [-0.15, -0.1) is 0 Å². The molecule has 0 heterocycles. The first-order chi connectivity index (χ1) is 8.63. The van der Waals surface area contributed by atoms with E-state index in [1.54, 1.807) is 0 Å². The second kappa shape index (κ2) is 8.92. The Morgan fingerprint density at radius 3 is 2.39 bits per heavy atom. The SMILES string of the molecule is CC(C)COCCOC(CBr)c1ccc(Cl)cc1. The maximum atomic E-state index is 5.86. The molecule has 18 heavy (non-hydrogen) atoms. The maximum Gasteiger partial charge on any atom is 0.0922 e. The molecule has 1 aromatic carbocycles. The fraction of sp³-hybridized carbons (Fsp3) is 0.571. The largest absolute Gasteiger partial charge is 0.379 e. The number of benzene rings is 1. The molecule has 0 aromatic heterocycles. The summed E-state index contributed by atoms with van der Waals surface area (Å²) >= 11 is 9.33. The van der Waals surface area contributed by atoms with Crippen LogP contribution in [0.25, 0.3) is 0 Å². The van der Waals surface area contributed by atoms with Crippen molar-refractivity contribution >= 4 is 27.5 Å². The Kier molecular flexibility index (Phi) is 7.91. The van der Waals surface area contributed by atoms with Crippen molar-refractivity contribution in [2.75, 3.05) is 25.2 Å². The van der Waals surface area contributed by atoms with Gasteiger partial charge in [-0.1, -0.05) is 53.5 Å². The van der Waals surface area contributed by atoms with Crippen LogP contribution in [0.2, 0.25) is 5.02 Å². The van der Waals surface area contributed by atoms with Gasteiger partial charge in [-0.25, -0.2) is 0 Å². The molecule has 1 rings (SSSR count). The minimum atomic E-state index is 0.0462. The van der Waals surface area contributed by atoms with E-state index >= 15 is 0 Å². The fourth-order valence-corrected chi connectivity index (χ4v) is 2.16. The van der Waals surface area contributed by atoms with Gasteiger partial charge in [0.1, 0.15) is 0 Å². The topological polar surface area (TPSA) is 18.5 Å². The lowest BCUT2D eigenvalue weighted by Gasteiger charge is -2.16. The lowest BCUT2D eigenvalue weighted by Crippen LogP contribution is -2.12. The molecule has 0 saturated carbocycles. The fourth-order valence-electron chi connectivity index (χ4n) is 1.48. The van der Waals surface area contributed by atoms with E-state index < -0.39 is 0 Å². The highest BCUT2D eigenvalue weighted by Crippen LogP contribution is 2.21. The number of alkyl halides is 1. The molecule has 0 fully saturated rings. The third kappa shape index (κ3) is 6.19. The van der Waals surface area contributed by atoms with Gasteiger partial charge in [0.05, 0.1) is 19.3 Å². The molecule has 0 saturated heterocycles. The van der Waals surface area contributed by atoms with Gasteiger partial charge in [-0.05, 0) is 23.6 Å². The first-order valence-electron chi connectivity index (χ1n) is 6.14. The minimum absolute atomic E-state index is 0.0462. The molecule has 0 aliphatic rings. The van der Waals surface area contributed by atoms with Crippen LogP contribution in [0.5, 0.6) is 0 Å². The quantitative estimate of drug-likeness (QED) is 0.515. The first kappa shape index (κ1) is 16.0. The molecule has 0 aliphatic carbocycles. The highest BCUT2D eigenvalue weighted by Gasteiger charge is 2.10. The highest BCUT2D eigenvalue weighted by molar-refractivity contribution is 9.09. The summed E-state index contributed by atoms with van der Waals surface area (Å²) in [5.41, 5.74) is 1.13. The van der Waals surface area contributed by atoms with E-state index in [-0.39, 0.29) is 6.10 Å². The van der Waals surface area contributed by atoms with Crippen molar-refractivity contribution in [3.05, 3.63) is 34.9 Å². The van der Waals surface area contributed by atoms with E-state index in [1.807, 2.05) is 24.3 Å². The molecule has 1 aromatic rings. The predicted octanol–water partition coefficient (Wildman–Crippen LogP) is 4.47. The van der Waals surface area contributed by atoms with Crippen LogP contribution < -0.4 is 0 Å². The molecular weight excluding hydrogens is 316 g/mol. The number of hydrogen-bond donors (Lipinski definition) is 0. The molecular formula is C14H20BrClO2. The second-order valence-electron chi connectivity index (χ2n) is 4.53. The molecule has 0 aliphatic heterocycles. The summed E-state index contributed by atoms with van der Waals surface area (Å²) in [6, 6.07) is 7.74. The molecule has 102 valence electrons. The van der Waals surface area contributed by atoms with Gasteiger partial charge in [-0.2, -0.15) is 0 Å². The van der Waals surface area contributed by atoms with E-state index in [4.69, 9.17) is 21.1 Å². The van der Waals surface area contributed by atoms with E-state index in [0.29, 0.717) is 19.1 Å². The standard InChI is InChI=1S/C14H20BrClO2/c1-11(2)10-17-7-8-18-14(9-15)12-3-5-13(16)6-4-12/h3-6,11,14H,7-10H2,1-2H3. The van der Waals surface area contributed by atoms with Crippen molar-refractivity contribution in [2.24, 2.45) is 5.92 Å². The number of hydrogen-bond acceptors (Lipinski definition) is 2. The Morgan fingerprint density at radius 2 is 1.83 bits per heavy atom. The van der Waals surface area contributed by atoms with Gasteiger partial charge in [0.2, 0.25) is 0 Å². The van der Waals surface area contributed by atoms with Crippen LogP contribution in [0, 0.1) is 5.92 Å². The number of ether oxygens (including phenoxy) is 2. The molecule has 1 unspecified atom stereocenters. The van der Waals surface area contributed by atoms with Crippen LogP contribution in [0.3, 0.4) is 0 Å². The normalized spacial score (nSPS) is 12.9. The average molecular weight is 336 g/mol. The van der Waals surface area contributed by atoms with Crippen LogP contribution in [0.15, 0.2) is 24.3 Å². The molecule has 4 heteroatoms. The van der Waals surface area contributed by atoms with Crippen LogP contribution in [-0.4, -0.2) is 25.2 Å². The summed E-state index contributed by atoms with van der Waals surface area (Å²) in [6.07, 6.45) is 0.0462. The molecule has 2 nitrogen and oxygen atoms in total. The number of halogens is 2. The molecule has 1 atom stereocenters. The van der Waals surface area contributed by atoms with Crippen LogP contribution in [0.4, 0.5) is 0 Å². The van der Waals surface area contributed by atoms with E-state index in [9.17, 15) is 0 Å². The molecule has 0 spiro atoms. The summed E-state index contributed by atoms with van der Waals surface area (Å²) in [5, 5.41) is 1.51. The van der Waals surface area contributed by atoms with Gasteiger partial charge in [0.15, 0.2) is 0 Å². The van der Waals surface area contributed by atoms with Crippen molar-refractivity contribution in [3.8, 4) is 0 Å². The van der Waals surface area contributed by atoms with E-state index in [1.165, 1.54) is 0 Å².